The molecule has 1 aliphatic rings. The van der Waals surface area contributed by atoms with Gasteiger partial charge < -0.3 is 15.1 Å². The van der Waals surface area contributed by atoms with Gasteiger partial charge in [0.15, 0.2) is 5.96 Å². The van der Waals surface area contributed by atoms with Gasteiger partial charge in [-0.2, -0.15) is 0 Å². The first-order chi connectivity index (χ1) is 12.6. The summed E-state index contributed by atoms with van der Waals surface area (Å²) in [6, 6.07) is 9.09. The van der Waals surface area contributed by atoms with E-state index in [-0.39, 0.29) is 0 Å². The van der Waals surface area contributed by atoms with Crippen molar-refractivity contribution in [3.05, 3.63) is 45.9 Å². The predicted octanol–water partition coefficient (Wildman–Crippen LogP) is 3.30. The number of hydrogen-bond acceptors (Lipinski definition) is 4. The second-order valence-corrected chi connectivity index (χ2v) is 7.89. The van der Waals surface area contributed by atoms with Gasteiger partial charge in [-0.05, 0) is 38.8 Å². The molecule has 0 bridgehead atoms. The van der Waals surface area contributed by atoms with Crippen LogP contribution in [0.5, 0.6) is 0 Å². The number of anilines is 1. The molecule has 0 saturated carbocycles. The quantitative estimate of drug-likeness (QED) is 0.625. The average molecular weight is 372 g/mol. The van der Waals surface area contributed by atoms with E-state index in [1.165, 1.54) is 11.3 Å². The topological polar surface area (TPSA) is 43.8 Å². The Labute approximate surface area is 160 Å². The fourth-order valence-corrected chi connectivity index (χ4v) is 4.01. The van der Waals surface area contributed by atoms with Crippen molar-refractivity contribution in [2.75, 3.05) is 31.6 Å². The fourth-order valence-electron chi connectivity index (χ4n) is 3.41. The Kier molecular flexibility index (Phi) is 6.14. The molecule has 2 heterocycles. The highest BCUT2D eigenvalue weighted by Gasteiger charge is 2.22. The third-order valence-electron chi connectivity index (χ3n) is 4.72. The van der Waals surface area contributed by atoms with Crippen LogP contribution in [0.3, 0.4) is 0 Å². The number of aromatic nitrogens is 1. The zero-order valence-corrected chi connectivity index (χ0v) is 17.0. The minimum absolute atomic E-state index is 0.377. The molecule has 1 aliphatic heterocycles. The van der Waals surface area contributed by atoms with Crippen LogP contribution in [0, 0.1) is 6.92 Å². The number of thiazole rings is 1. The van der Waals surface area contributed by atoms with Crippen molar-refractivity contribution in [1.29, 1.82) is 0 Å². The minimum Gasteiger partial charge on any atom is -0.366 e. The predicted molar refractivity (Wildman–Crippen MR) is 111 cm³/mol. The highest BCUT2D eigenvalue weighted by molar-refractivity contribution is 7.09. The lowest BCUT2D eigenvalue weighted by molar-refractivity contribution is 0.469. The highest BCUT2D eigenvalue weighted by atomic mass is 32.1. The zero-order valence-electron chi connectivity index (χ0n) is 16.2. The minimum atomic E-state index is 0.377. The Bertz CT molecular complexity index is 754. The van der Waals surface area contributed by atoms with Gasteiger partial charge in [-0.1, -0.05) is 18.2 Å². The Morgan fingerprint density at radius 3 is 2.96 bits per heavy atom. The summed E-state index contributed by atoms with van der Waals surface area (Å²) >= 11 is 1.70. The van der Waals surface area contributed by atoms with E-state index in [0.717, 1.165) is 49.3 Å². The van der Waals surface area contributed by atoms with Crippen molar-refractivity contribution in [2.45, 2.75) is 39.8 Å². The lowest BCUT2D eigenvalue weighted by atomic mass is 10.2. The standard InChI is InChI=1S/C20H29N5S/c1-5-21-20(24(4)13-18-14-26-16(3)23-18)22-12-15(2)25-11-10-17-8-6-7-9-19(17)25/h6-9,14-15H,5,10-13H2,1-4H3,(H,21,22). The fraction of sp³-hybridized carbons (Fsp3) is 0.500. The van der Waals surface area contributed by atoms with Crippen LogP contribution in [-0.2, 0) is 13.0 Å². The maximum Gasteiger partial charge on any atom is 0.194 e. The molecule has 1 aromatic carbocycles. The summed E-state index contributed by atoms with van der Waals surface area (Å²) in [6.45, 7) is 9.91. The second-order valence-electron chi connectivity index (χ2n) is 6.83. The number of benzene rings is 1. The van der Waals surface area contributed by atoms with Crippen LogP contribution in [0.15, 0.2) is 34.6 Å². The average Bonchev–Trinajstić information content (AvgIpc) is 3.24. The summed E-state index contributed by atoms with van der Waals surface area (Å²) < 4.78 is 0. The molecule has 140 valence electrons. The number of aliphatic imine (C=N–C) groups is 1. The first-order valence-electron chi connectivity index (χ1n) is 9.33. The third kappa shape index (κ3) is 4.36. The Hall–Kier alpha value is -2.08. The number of nitrogens with one attached hydrogen (secondary N) is 1. The number of rotatable bonds is 6. The van der Waals surface area contributed by atoms with Gasteiger partial charge in [0.05, 0.1) is 23.8 Å². The van der Waals surface area contributed by atoms with Crippen molar-refractivity contribution < 1.29 is 0 Å². The highest BCUT2D eigenvalue weighted by Crippen LogP contribution is 2.29. The van der Waals surface area contributed by atoms with E-state index in [0.29, 0.717) is 6.04 Å². The summed E-state index contributed by atoms with van der Waals surface area (Å²) in [5, 5.41) is 6.64. The molecule has 0 radical (unpaired) electrons. The number of para-hydroxylation sites is 1. The van der Waals surface area contributed by atoms with Crippen molar-refractivity contribution >= 4 is 23.0 Å². The smallest absolute Gasteiger partial charge is 0.194 e. The zero-order chi connectivity index (χ0) is 18.5. The van der Waals surface area contributed by atoms with E-state index in [9.17, 15) is 0 Å². The maximum absolute atomic E-state index is 4.90. The molecule has 1 N–H and O–H groups in total. The molecule has 0 amide bonds. The van der Waals surface area contributed by atoms with E-state index < -0.39 is 0 Å². The normalized spacial score (nSPS) is 15.1. The molecule has 1 aromatic heterocycles. The van der Waals surface area contributed by atoms with E-state index in [4.69, 9.17) is 4.99 Å². The van der Waals surface area contributed by atoms with Crippen LogP contribution in [-0.4, -0.2) is 48.6 Å². The molecule has 26 heavy (non-hydrogen) atoms. The van der Waals surface area contributed by atoms with Crippen LogP contribution < -0.4 is 10.2 Å². The van der Waals surface area contributed by atoms with Crippen molar-refractivity contribution in [3.8, 4) is 0 Å². The number of guanidine groups is 1. The number of nitrogens with zero attached hydrogens (tertiary/aromatic N) is 4. The van der Waals surface area contributed by atoms with Crippen LogP contribution in [0.1, 0.15) is 30.1 Å². The lowest BCUT2D eigenvalue weighted by Crippen LogP contribution is -2.40. The van der Waals surface area contributed by atoms with Gasteiger partial charge in [0.25, 0.3) is 0 Å². The van der Waals surface area contributed by atoms with Crippen molar-refractivity contribution in [3.63, 3.8) is 0 Å². The lowest BCUT2D eigenvalue weighted by Gasteiger charge is -2.27. The van der Waals surface area contributed by atoms with Crippen LogP contribution in [0.25, 0.3) is 0 Å². The van der Waals surface area contributed by atoms with E-state index in [1.54, 1.807) is 11.3 Å². The third-order valence-corrected chi connectivity index (χ3v) is 5.54. The van der Waals surface area contributed by atoms with Gasteiger partial charge >= 0.3 is 0 Å². The Balaban J connectivity index is 1.65. The summed E-state index contributed by atoms with van der Waals surface area (Å²) in [5.41, 5.74) is 3.92. The van der Waals surface area contributed by atoms with Gasteiger partial charge in [0, 0.05) is 37.2 Å². The summed E-state index contributed by atoms with van der Waals surface area (Å²) in [6.07, 6.45) is 1.13. The van der Waals surface area contributed by atoms with Crippen LogP contribution in [0.2, 0.25) is 0 Å². The maximum atomic E-state index is 4.90. The molecule has 6 heteroatoms. The Morgan fingerprint density at radius 1 is 1.42 bits per heavy atom. The van der Waals surface area contributed by atoms with E-state index in [1.807, 2.05) is 6.92 Å². The Morgan fingerprint density at radius 2 is 2.23 bits per heavy atom. The molecular weight excluding hydrogens is 342 g/mol. The first kappa shape index (κ1) is 18.7. The van der Waals surface area contributed by atoms with Gasteiger partial charge in [0.2, 0.25) is 0 Å². The molecular formula is C20H29N5S. The number of fused-ring (bicyclic) bond motifs is 1. The SMILES string of the molecule is CCNC(=NCC(C)N1CCc2ccccc21)N(C)Cc1csc(C)n1. The molecule has 0 spiro atoms. The summed E-state index contributed by atoms with van der Waals surface area (Å²) in [4.78, 5) is 14.1. The van der Waals surface area contributed by atoms with Gasteiger partial charge in [-0.15, -0.1) is 11.3 Å². The second kappa shape index (κ2) is 8.54. The molecule has 3 rings (SSSR count). The molecule has 1 atom stereocenters. The van der Waals surface area contributed by atoms with Gasteiger partial charge in [-0.25, -0.2) is 4.98 Å². The molecule has 0 aliphatic carbocycles. The molecule has 2 aromatic rings. The number of hydrogen-bond donors (Lipinski definition) is 1. The first-order valence-corrected chi connectivity index (χ1v) is 10.2. The molecule has 0 saturated heterocycles. The van der Waals surface area contributed by atoms with Crippen molar-refractivity contribution in [2.24, 2.45) is 4.99 Å². The summed E-state index contributed by atoms with van der Waals surface area (Å²) in [7, 11) is 2.08. The van der Waals surface area contributed by atoms with Gasteiger partial charge in [0.1, 0.15) is 0 Å². The molecule has 1 unspecified atom stereocenters. The van der Waals surface area contributed by atoms with Crippen LogP contribution in [0.4, 0.5) is 5.69 Å². The van der Waals surface area contributed by atoms with E-state index in [2.05, 4.69) is 70.6 Å². The van der Waals surface area contributed by atoms with Crippen molar-refractivity contribution in [1.82, 2.24) is 15.2 Å². The number of aryl methyl sites for hydroxylation is 1. The van der Waals surface area contributed by atoms with E-state index >= 15 is 0 Å². The largest absolute Gasteiger partial charge is 0.366 e. The molecule has 0 fully saturated rings. The van der Waals surface area contributed by atoms with Crippen LogP contribution >= 0.6 is 11.3 Å². The van der Waals surface area contributed by atoms with Gasteiger partial charge in [-0.3, -0.25) is 4.99 Å². The molecule has 5 nitrogen and oxygen atoms in total. The summed E-state index contributed by atoms with van der Waals surface area (Å²) in [5.74, 6) is 0.942. The monoisotopic (exact) mass is 371 g/mol.